The monoisotopic (exact) mass is 318 g/mol. The fourth-order valence-electron chi connectivity index (χ4n) is 2.45. The van der Waals surface area contributed by atoms with Crippen molar-refractivity contribution >= 4 is 15.9 Å². The quantitative estimate of drug-likeness (QED) is 0.868. The van der Waals surface area contributed by atoms with Gasteiger partial charge in [0.1, 0.15) is 11.6 Å². The fraction of sp³-hybridized carbons (Fsp3) is 0.538. The van der Waals surface area contributed by atoms with E-state index in [4.69, 9.17) is 5.73 Å². The molecule has 1 fully saturated rings. The summed E-state index contributed by atoms with van der Waals surface area (Å²) in [5, 5.41) is 0. The number of likely N-dealkylation sites (tertiary alicyclic amines) is 1. The third-order valence-electron chi connectivity index (χ3n) is 3.52. The lowest BCUT2D eigenvalue weighted by Crippen LogP contribution is -2.43. The SMILES string of the molecule is NCC1CCCCN1Cc1c(F)ccc(Br)c1F. The molecule has 2 rings (SSSR count). The van der Waals surface area contributed by atoms with Crippen LogP contribution in [0.1, 0.15) is 24.8 Å². The summed E-state index contributed by atoms with van der Waals surface area (Å²) in [6, 6.07) is 2.92. The molecule has 0 aromatic heterocycles. The molecule has 1 aromatic carbocycles. The molecular weight excluding hydrogens is 302 g/mol. The van der Waals surface area contributed by atoms with Gasteiger partial charge in [-0.1, -0.05) is 6.42 Å². The van der Waals surface area contributed by atoms with Crippen LogP contribution in [-0.2, 0) is 6.54 Å². The van der Waals surface area contributed by atoms with Crippen LogP contribution in [-0.4, -0.2) is 24.0 Å². The van der Waals surface area contributed by atoms with Crippen LogP contribution in [0, 0.1) is 11.6 Å². The number of hydrogen-bond acceptors (Lipinski definition) is 2. The van der Waals surface area contributed by atoms with Crippen molar-refractivity contribution in [1.82, 2.24) is 4.90 Å². The van der Waals surface area contributed by atoms with Crippen LogP contribution >= 0.6 is 15.9 Å². The summed E-state index contributed by atoms with van der Waals surface area (Å²) in [5.74, 6) is -0.992. The van der Waals surface area contributed by atoms with E-state index < -0.39 is 11.6 Å². The first-order valence-corrected chi connectivity index (χ1v) is 6.99. The first-order valence-electron chi connectivity index (χ1n) is 6.20. The van der Waals surface area contributed by atoms with Crippen LogP contribution in [0.5, 0.6) is 0 Å². The van der Waals surface area contributed by atoms with Gasteiger partial charge in [-0.15, -0.1) is 0 Å². The fourth-order valence-corrected chi connectivity index (χ4v) is 2.82. The van der Waals surface area contributed by atoms with Crippen LogP contribution in [0.2, 0.25) is 0 Å². The van der Waals surface area contributed by atoms with E-state index in [9.17, 15) is 8.78 Å². The molecule has 0 spiro atoms. The maximum Gasteiger partial charge on any atom is 0.144 e. The molecule has 2 N–H and O–H groups in total. The normalized spacial score (nSPS) is 21.2. The predicted octanol–water partition coefficient (Wildman–Crippen LogP) is 3.04. The maximum atomic E-state index is 13.9. The highest BCUT2D eigenvalue weighted by molar-refractivity contribution is 9.10. The van der Waals surface area contributed by atoms with Crippen LogP contribution in [0.15, 0.2) is 16.6 Å². The molecule has 1 saturated heterocycles. The summed E-state index contributed by atoms with van der Waals surface area (Å²) in [4.78, 5) is 2.08. The molecular formula is C13H17BrF2N2. The van der Waals surface area contributed by atoms with Gasteiger partial charge in [-0.05, 0) is 47.4 Å². The average molecular weight is 319 g/mol. The van der Waals surface area contributed by atoms with Gasteiger partial charge in [0.25, 0.3) is 0 Å². The summed E-state index contributed by atoms with van der Waals surface area (Å²) in [5.41, 5.74) is 5.84. The molecule has 1 atom stereocenters. The van der Waals surface area contributed by atoms with Crippen molar-refractivity contribution in [3.63, 3.8) is 0 Å². The van der Waals surface area contributed by atoms with E-state index in [1.807, 2.05) is 0 Å². The number of halogens is 3. The second-order valence-electron chi connectivity index (χ2n) is 4.68. The molecule has 1 unspecified atom stereocenters. The second-order valence-corrected chi connectivity index (χ2v) is 5.53. The molecule has 1 aromatic rings. The largest absolute Gasteiger partial charge is 0.329 e. The Balaban J connectivity index is 2.20. The number of piperidine rings is 1. The zero-order valence-electron chi connectivity index (χ0n) is 10.1. The Labute approximate surface area is 114 Å². The van der Waals surface area contributed by atoms with Gasteiger partial charge in [0.2, 0.25) is 0 Å². The minimum atomic E-state index is -0.503. The van der Waals surface area contributed by atoms with E-state index in [-0.39, 0.29) is 11.6 Å². The molecule has 5 heteroatoms. The van der Waals surface area contributed by atoms with Gasteiger partial charge in [0, 0.05) is 24.7 Å². The molecule has 1 aliphatic heterocycles. The highest BCUT2D eigenvalue weighted by atomic mass is 79.9. The number of benzene rings is 1. The van der Waals surface area contributed by atoms with E-state index in [0.717, 1.165) is 25.8 Å². The maximum absolute atomic E-state index is 13.9. The third kappa shape index (κ3) is 2.90. The van der Waals surface area contributed by atoms with Crippen molar-refractivity contribution in [2.45, 2.75) is 31.8 Å². The van der Waals surface area contributed by atoms with Crippen LogP contribution in [0.25, 0.3) is 0 Å². The van der Waals surface area contributed by atoms with Gasteiger partial charge in [-0.2, -0.15) is 0 Å². The standard InChI is InChI=1S/C13H17BrF2N2/c14-11-4-5-12(15)10(13(11)16)8-18-6-2-1-3-9(18)7-17/h4-5,9H,1-3,6-8,17H2. The predicted molar refractivity (Wildman–Crippen MR) is 71.2 cm³/mol. The first-order chi connectivity index (χ1) is 8.63. The Morgan fingerprint density at radius 2 is 2.11 bits per heavy atom. The van der Waals surface area contributed by atoms with Crippen LogP contribution in [0.3, 0.4) is 0 Å². The number of hydrogen-bond donors (Lipinski definition) is 1. The molecule has 2 nitrogen and oxygen atoms in total. The molecule has 0 amide bonds. The van der Waals surface area contributed by atoms with E-state index in [1.165, 1.54) is 12.1 Å². The average Bonchev–Trinajstić information content (AvgIpc) is 2.39. The zero-order chi connectivity index (χ0) is 13.1. The Kier molecular flexibility index (Phi) is 4.70. The Morgan fingerprint density at radius 3 is 2.83 bits per heavy atom. The van der Waals surface area contributed by atoms with E-state index in [2.05, 4.69) is 20.8 Å². The second kappa shape index (κ2) is 6.08. The van der Waals surface area contributed by atoms with Crippen molar-refractivity contribution in [1.29, 1.82) is 0 Å². The van der Waals surface area contributed by atoms with Crippen molar-refractivity contribution < 1.29 is 8.78 Å². The van der Waals surface area contributed by atoms with Gasteiger partial charge >= 0.3 is 0 Å². The van der Waals surface area contributed by atoms with Crippen molar-refractivity contribution in [3.8, 4) is 0 Å². The van der Waals surface area contributed by atoms with Gasteiger partial charge in [0.05, 0.1) is 4.47 Å². The van der Waals surface area contributed by atoms with Crippen molar-refractivity contribution in [2.75, 3.05) is 13.1 Å². The van der Waals surface area contributed by atoms with Crippen LogP contribution < -0.4 is 5.73 Å². The summed E-state index contributed by atoms with van der Waals surface area (Å²) in [6.45, 7) is 1.68. The summed E-state index contributed by atoms with van der Waals surface area (Å²) in [6.07, 6.45) is 3.21. The first kappa shape index (κ1) is 13.9. The third-order valence-corrected chi connectivity index (χ3v) is 4.13. The molecule has 0 saturated carbocycles. The molecule has 0 radical (unpaired) electrons. The Hall–Kier alpha value is -0.520. The lowest BCUT2D eigenvalue weighted by atomic mass is 10.0. The van der Waals surface area contributed by atoms with E-state index in [0.29, 0.717) is 17.6 Å². The number of nitrogens with two attached hydrogens (primary N) is 1. The summed E-state index contributed by atoms with van der Waals surface area (Å²) < 4.78 is 27.9. The summed E-state index contributed by atoms with van der Waals surface area (Å²) in [7, 11) is 0. The van der Waals surface area contributed by atoms with Gasteiger partial charge in [-0.25, -0.2) is 8.78 Å². The van der Waals surface area contributed by atoms with Crippen molar-refractivity contribution in [2.24, 2.45) is 5.73 Å². The van der Waals surface area contributed by atoms with E-state index >= 15 is 0 Å². The minimum absolute atomic E-state index is 0.129. The molecule has 1 aliphatic rings. The highest BCUT2D eigenvalue weighted by Crippen LogP contribution is 2.25. The molecule has 0 bridgehead atoms. The molecule has 0 aliphatic carbocycles. The minimum Gasteiger partial charge on any atom is -0.329 e. The number of nitrogens with zero attached hydrogens (tertiary/aromatic N) is 1. The number of rotatable bonds is 3. The van der Waals surface area contributed by atoms with Gasteiger partial charge in [0.15, 0.2) is 0 Å². The van der Waals surface area contributed by atoms with Gasteiger partial charge in [-0.3, -0.25) is 4.90 Å². The van der Waals surface area contributed by atoms with Crippen LogP contribution in [0.4, 0.5) is 8.78 Å². The lowest BCUT2D eigenvalue weighted by molar-refractivity contribution is 0.141. The highest BCUT2D eigenvalue weighted by Gasteiger charge is 2.24. The molecule has 100 valence electrons. The molecule has 18 heavy (non-hydrogen) atoms. The Bertz CT molecular complexity index is 426. The van der Waals surface area contributed by atoms with E-state index in [1.54, 1.807) is 0 Å². The topological polar surface area (TPSA) is 29.3 Å². The van der Waals surface area contributed by atoms with Gasteiger partial charge < -0.3 is 5.73 Å². The summed E-state index contributed by atoms with van der Waals surface area (Å²) >= 11 is 3.09. The molecule has 1 heterocycles. The lowest BCUT2D eigenvalue weighted by Gasteiger charge is -2.35. The smallest absolute Gasteiger partial charge is 0.144 e. The van der Waals surface area contributed by atoms with Crippen molar-refractivity contribution in [3.05, 3.63) is 33.8 Å². The zero-order valence-corrected chi connectivity index (χ0v) is 11.7. The Morgan fingerprint density at radius 1 is 1.33 bits per heavy atom.